The summed E-state index contributed by atoms with van der Waals surface area (Å²) in [4.78, 5) is 0.00348. The fourth-order valence-electron chi connectivity index (χ4n) is 2.47. The molecule has 0 bridgehead atoms. The third-order valence-corrected chi connectivity index (χ3v) is 5.01. The van der Waals surface area contributed by atoms with Crippen LogP contribution in [0.15, 0.2) is 23.1 Å². The molecule has 0 aromatic heterocycles. The first-order chi connectivity index (χ1) is 8.92. The van der Waals surface area contributed by atoms with Crippen LogP contribution in [0.3, 0.4) is 0 Å². The second-order valence-electron chi connectivity index (χ2n) is 5.10. The van der Waals surface area contributed by atoms with Gasteiger partial charge in [-0.1, -0.05) is 6.92 Å². The fraction of sp³-hybridized carbons (Fsp3) is 0.462. The number of benzene rings is 1. The lowest BCUT2D eigenvalue weighted by molar-refractivity contribution is 0.538. The Balaban J connectivity index is 2.27. The summed E-state index contributed by atoms with van der Waals surface area (Å²) in [7, 11) is -3.65. The molecule has 1 fully saturated rings. The molecule has 0 amide bonds. The third kappa shape index (κ3) is 3.06. The highest BCUT2D eigenvalue weighted by molar-refractivity contribution is 7.89. The zero-order valence-corrected chi connectivity index (χ0v) is 11.6. The summed E-state index contributed by atoms with van der Waals surface area (Å²) in [5.74, 6) is 0.537. The van der Waals surface area contributed by atoms with Crippen molar-refractivity contribution in [3.8, 4) is 6.07 Å². The van der Waals surface area contributed by atoms with E-state index in [2.05, 4.69) is 11.6 Å². The Morgan fingerprint density at radius 1 is 1.42 bits per heavy atom. The molecule has 3 N–H and O–H groups in total. The van der Waals surface area contributed by atoms with Gasteiger partial charge in [0.1, 0.15) is 6.07 Å². The van der Waals surface area contributed by atoms with Crippen LogP contribution in [0, 0.1) is 17.2 Å². The Kier molecular flexibility index (Phi) is 3.78. The van der Waals surface area contributed by atoms with E-state index in [1.54, 1.807) is 0 Å². The topological polar surface area (TPSA) is 96.0 Å². The van der Waals surface area contributed by atoms with Crippen LogP contribution < -0.4 is 10.5 Å². The SMILES string of the molecule is CC1CCC(NS(=O)(=O)c2ccc(N)cc2C#N)C1. The summed E-state index contributed by atoms with van der Waals surface area (Å²) < 4.78 is 27.2. The van der Waals surface area contributed by atoms with Crippen molar-refractivity contribution in [1.29, 1.82) is 5.26 Å². The molecule has 1 aromatic rings. The van der Waals surface area contributed by atoms with Crippen LogP contribution in [0.25, 0.3) is 0 Å². The van der Waals surface area contributed by atoms with E-state index in [0.29, 0.717) is 11.6 Å². The minimum atomic E-state index is -3.65. The Bertz CT molecular complexity index is 619. The molecule has 19 heavy (non-hydrogen) atoms. The monoisotopic (exact) mass is 279 g/mol. The van der Waals surface area contributed by atoms with Crippen molar-refractivity contribution in [2.24, 2.45) is 5.92 Å². The number of nitriles is 1. The van der Waals surface area contributed by atoms with E-state index < -0.39 is 10.0 Å². The van der Waals surface area contributed by atoms with Gasteiger partial charge in [-0.15, -0.1) is 0 Å². The van der Waals surface area contributed by atoms with Gasteiger partial charge < -0.3 is 5.73 Å². The number of nitrogens with zero attached hydrogens (tertiary/aromatic N) is 1. The standard InChI is InChI=1S/C13H17N3O2S/c1-9-2-4-12(6-9)16-19(17,18)13-5-3-11(15)7-10(13)8-14/h3,5,7,9,12,16H,2,4,6,15H2,1H3. The third-order valence-electron chi connectivity index (χ3n) is 3.43. The molecule has 2 atom stereocenters. The van der Waals surface area contributed by atoms with Crippen molar-refractivity contribution in [2.45, 2.75) is 37.1 Å². The first-order valence-corrected chi connectivity index (χ1v) is 7.72. The van der Waals surface area contributed by atoms with Crippen LogP contribution in [0.5, 0.6) is 0 Å². The molecule has 1 saturated carbocycles. The van der Waals surface area contributed by atoms with E-state index in [4.69, 9.17) is 11.0 Å². The average molecular weight is 279 g/mol. The quantitative estimate of drug-likeness (QED) is 0.821. The summed E-state index contributed by atoms with van der Waals surface area (Å²) in [5, 5.41) is 9.01. The highest BCUT2D eigenvalue weighted by atomic mass is 32.2. The Labute approximate surface area is 113 Å². The lowest BCUT2D eigenvalue weighted by Gasteiger charge is -2.14. The van der Waals surface area contributed by atoms with Gasteiger partial charge in [-0.25, -0.2) is 13.1 Å². The van der Waals surface area contributed by atoms with E-state index in [0.717, 1.165) is 19.3 Å². The summed E-state index contributed by atoms with van der Waals surface area (Å²) in [6, 6.07) is 6.10. The van der Waals surface area contributed by atoms with Crippen molar-refractivity contribution in [3.05, 3.63) is 23.8 Å². The summed E-state index contributed by atoms with van der Waals surface area (Å²) >= 11 is 0. The predicted octanol–water partition coefficient (Wildman–Crippen LogP) is 1.61. The lowest BCUT2D eigenvalue weighted by atomic mass is 10.1. The number of sulfonamides is 1. The number of nitrogen functional groups attached to an aromatic ring is 1. The maximum atomic E-state index is 12.3. The normalized spacial score (nSPS) is 23.2. The maximum absolute atomic E-state index is 12.3. The van der Waals surface area contributed by atoms with Gasteiger partial charge in [0.25, 0.3) is 0 Å². The molecule has 5 nitrogen and oxygen atoms in total. The Morgan fingerprint density at radius 2 is 2.16 bits per heavy atom. The van der Waals surface area contributed by atoms with E-state index >= 15 is 0 Å². The molecule has 0 spiro atoms. The van der Waals surface area contributed by atoms with Gasteiger partial charge in [0.15, 0.2) is 0 Å². The van der Waals surface area contributed by atoms with Gasteiger partial charge in [-0.05, 0) is 43.4 Å². The molecular formula is C13H17N3O2S. The van der Waals surface area contributed by atoms with Gasteiger partial charge >= 0.3 is 0 Å². The second kappa shape index (κ2) is 5.19. The summed E-state index contributed by atoms with van der Waals surface area (Å²) in [6.07, 6.45) is 2.72. The fourth-order valence-corrected chi connectivity index (χ4v) is 3.89. The van der Waals surface area contributed by atoms with Crippen molar-refractivity contribution in [1.82, 2.24) is 4.72 Å². The molecule has 0 radical (unpaired) electrons. The van der Waals surface area contributed by atoms with Crippen LogP contribution >= 0.6 is 0 Å². The molecule has 1 aromatic carbocycles. The summed E-state index contributed by atoms with van der Waals surface area (Å²) in [6.45, 7) is 2.11. The first-order valence-electron chi connectivity index (χ1n) is 6.24. The zero-order chi connectivity index (χ0) is 14.0. The second-order valence-corrected chi connectivity index (χ2v) is 6.79. The number of hydrogen-bond acceptors (Lipinski definition) is 4. The Morgan fingerprint density at radius 3 is 2.74 bits per heavy atom. The predicted molar refractivity (Wildman–Crippen MR) is 72.7 cm³/mol. The van der Waals surface area contributed by atoms with Crippen molar-refractivity contribution < 1.29 is 8.42 Å². The van der Waals surface area contributed by atoms with Crippen LogP contribution in [-0.4, -0.2) is 14.5 Å². The summed E-state index contributed by atoms with van der Waals surface area (Å²) in [5.41, 5.74) is 6.02. The smallest absolute Gasteiger partial charge is 0.242 e. The number of nitrogens with one attached hydrogen (secondary N) is 1. The molecular weight excluding hydrogens is 262 g/mol. The molecule has 0 heterocycles. The van der Waals surface area contributed by atoms with Gasteiger partial charge in [0.2, 0.25) is 10.0 Å². The highest BCUT2D eigenvalue weighted by Gasteiger charge is 2.27. The van der Waals surface area contributed by atoms with Gasteiger partial charge in [0, 0.05) is 11.7 Å². The Hall–Kier alpha value is -1.58. The van der Waals surface area contributed by atoms with Crippen LogP contribution in [0.4, 0.5) is 5.69 Å². The number of anilines is 1. The zero-order valence-electron chi connectivity index (χ0n) is 10.8. The number of hydrogen-bond donors (Lipinski definition) is 2. The van der Waals surface area contributed by atoms with Crippen LogP contribution in [-0.2, 0) is 10.0 Å². The molecule has 0 saturated heterocycles. The maximum Gasteiger partial charge on any atom is 0.242 e. The van der Waals surface area contributed by atoms with E-state index in [1.807, 2.05) is 6.07 Å². The van der Waals surface area contributed by atoms with Gasteiger partial charge in [-0.2, -0.15) is 5.26 Å². The largest absolute Gasteiger partial charge is 0.399 e. The average Bonchev–Trinajstić information content (AvgIpc) is 2.73. The highest BCUT2D eigenvalue weighted by Crippen LogP contribution is 2.27. The lowest BCUT2D eigenvalue weighted by Crippen LogP contribution is -2.33. The van der Waals surface area contributed by atoms with Crippen molar-refractivity contribution >= 4 is 15.7 Å². The minimum absolute atomic E-state index is 0.00348. The molecule has 102 valence electrons. The molecule has 1 aliphatic rings. The van der Waals surface area contributed by atoms with E-state index in [1.165, 1.54) is 18.2 Å². The van der Waals surface area contributed by atoms with E-state index in [-0.39, 0.29) is 16.5 Å². The molecule has 2 unspecified atom stereocenters. The van der Waals surface area contributed by atoms with Gasteiger partial charge in [-0.3, -0.25) is 0 Å². The molecule has 6 heteroatoms. The number of rotatable bonds is 3. The van der Waals surface area contributed by atoms with Crippen LogP contribution in [0.2, 0.25) is 0 Å². The van der Waals surface area contributed by atoms with Crippen molar-refractivity contribution in [2.75, 3.05) is 5.73 Å². The number of nitrogens with two attached hydrogens (primary N) is 1. The molecule has 2 rings (SSSR count). The molecule has 1 aliphatic carbocycles. The van der Waals surface area contributed by atoms with E-state index in [9.17, 15) is 8.42 Å². The van der Waals surface area contributed by atoms with Crippen LogP contribution in [0.1, 0.15) is 31.7 Å². The molecule has 0 aliphatic heterocycles. The minimum Gasteiger partial charge on any atom is -0.399 e. The first kappa shape index (κ1) is 13.8. The van der Waals surface area contributed by atoms with Crippen molar-refractivity contribution in [3.63, 3.8) is 0 Å². The van der Waals surface area contributed by atoms with Gasteiger partial charge in [0.05, 0.1) is 10.5 Å².